The lowest BCUT2D eigenvalue weighted by molar-refractivity contribution is -0.123. The molecule has 0 aliphatic heterocycles. The summed E-state index contributed by atoms with van der Waals surface area (Å²) in [7, 11) is -4.31. The number of rotatable bonds is 44. The van der Waals surface area contributed by atoms with Crippen LogP contribution in [0.2, 0.25) is 0 Å². The lowest BCUT2D eigenvalue weighted by Gasteiger charge is -2.25. The molecule has 9 heteroatoms. The van der Waals surface area contributed by atoms with Gasteiger partial charge < -0.3 is 21.1 Å². The molecule has 0 rings (SSSR count). The van der Waals surface area contributed by atoms with Crippen LogP contribution in [0.4, 0.5) is 0 Å². The van der Waals surface area contributed by atoms with Gasteiger partial charge in [-0.25, -0.2) is 4.57 Å². The van der Waals surface area contributed by atoms with Crippen LogP contribution in [0.15, 0.2) is 0 Å². The van der Waals surface area contributed by atoms with Crippen LogP contribution >= 0.6 is 7.82 Å². The number of aliphatic hydroxyl groups is 1. The highest BCUT2D eigenvalue weighted by atomic mass is 31.2. The maximum atomic E-state index is 12.8. The molecule has 0 aliphatic carbocycles. The van der Waals surface area contributed by atoms with E-state index < -0.39 is 20.0 Å². The molecule has 0 aromatic heterocycles. The zero-order valence-corrected chi connectivity index (χ0v) is 36.2. The van der Waals surface area contributed by atoms with Crippen molar-refractivity contribution in [3.63, 3.8) is 0 Å². The Bertz CT molecular complexity index is 804. The molecule has 0 aromatic carbocycles. The minimum absolute atomic E-state index is 0.0925. The Morgan fingerprint density at radius 2 is 0.868 bits per heavy atom. The molecule has 0 radical (unpaired) electrons. The fourth-order valence-corrected chi connectivity index (χ4v) is 7.96. The monoisotopic (exact) mass is 775 g/mol. The lowest BCUT2D eigenvalue weighted by atomic mass is 10.0. The second-order valence-electron chi connectivity index (χ2n) is 16.0. The van der Waals surface area contributed by atoms with E-state index in [1.165, 1.54) is 180 Å². The summed E-state index contributed by atoms with van der Waals surface area (Å²) in [6.45, 7) is 4.24. The molecule has 8 nitrogen and oxygen atoms in total. The average molecular weight is 775 g/mol. The SMILES string of the molecule is CCCCCCCCCCCCCCCCCCCCCCCC(=O)N[C@@H](COP(=O)(O)OCCN)[C@H](O)CCCCCCCCCCCCCCC. The number of amides is 1. The van der Waals surface area contributed by atoms with Gasteiger partial charge in [0.15, 0.2) is 0 Å². The van der Waals surface area contributed by atoms with E-state index in [9.17, 15) is 19.4 Å². The van der Waals surface area contributed by atoms with Crippen LogP contribution in [0, 0.1) is 0 Å². The molecular weight excluding hydrogens is 683 g/mol. The number of nitrogens with two attached hydrogens (primary N) is 1. The molecular formula is C44H91N2O6P. The second-order valence-corrected chi connectivity index (χ2v) is 17.4. The molecule has 0 aromatic rings. The van der Waals surface area contributed by atoms with E-state index in [0.29, 0.717) is 12.8 Å². The number of carbonyl (C=O) groups is 1. The maximum Gasteiger partial charge on any atom is 0.472 e. The van der Waals surface area contributed by atoms with E-state index in [2.05, 4.69) is 19.2 Å². The Morgan fingerprint density at radius 1 is 0.547 bits per heavy atom. The second kappa shape index (κ2) is 41.1. The fourth-order valence-electron chi connectivity index (χ4n) is 7.20. The number of unbranched alkanes of at least 4 members (excludes halogenated alkanes) is 32. The first kappa shape index (κ1) is 52.5. The number of hydrogen-bond acceptors (Lipinski definition) is 6. The smallest absolute Gasteiger partial charge is 0.391 e. The molecule has 0 bridgehead atoms. The lowest BCUT2D eigenvalue weighted by Crippen LogP contribution is -2.46. The largest absolute Gasteiger partial charge is 0.472 e. The van der Waals surface area contributed by atoms with Crippen molar-refractivity contribution in [2.75, 3.05) is 19.8 Å². The highest BCUT2D eigenvalue weighted by molar-refractivity contribution is 7.47. The van der Waals surface area contributed by atoms with Crippen molar-refractivity contribution in [2.24, 2.45) is 5.73 Å². The van der Waals surface area contributed by atoms with Gasteiger partial charge in [-0.05, 0) is 12.8 Å². The summed E-state index contributed by atoms with van der Waals surface area (Å²) in [5.74, 6) is -0.156. The van der Waals surface area contributed by atoms with Gasteiger partial charge in [-0.2, -0.15) is 0 Å². The topological polar surface area (TPSA) is 131 Å². The van der Waals surface area contributed by atoms with Crippen molar-refractivity contribution in [3.05, 3.63) is 0 Å². The third-order valence-electron chi connectivity index (χ3n) is 10.7. The maximum absolute atomic E-state index is 12.8. The zero-order chi connectivity index (χ0) is 38.9. The summed E-state index contributed by atoms with van der Waals surface area (Å²) >= 11 is 0. The fraction of sp³-hybridized carbons (Fsp3) is 0.977. The number of phosphoric acid groups is 1. The predicted octanol–water partition coefficient (Wildman–Crippen LogP) is 13.0. The number of carbonyl (C=O) groups excluding carboxylic acids is 1. The average Bonchev–Trinajstić information content (AvgIpc) is 3.14. The molecule has 53 heavy (non-hydrogen) atoms. The zero-order valence-electron chi connectivity index (χ0n) is 35.3. The molecule has 1 amide bonds. The van der Waals surface area contributed by atoms with Crippen molar-refractivity contribution in [3.8, 4) is 0 Å². The summed E-state index contributed by atoms with van der Waals surface area (Å²) in [5.41, 5.74) is 5.38. The van der Waals surface area contributed by atoms with Crippen molar-refractivity contribution < 1.29 is 28.4 Å². The van der Waals surface area contributed by atoms with Crippen molar-refractivity contribution in [1.29, 1.82) is 0 Å². The normalized spacial score (nSPS) is 14.0. The summed E-state index contributed by atoms with van der Waals surface area (Å²) in [6, 6.07) is -0.767. The quantitative estimate of drug-likeness (QED) is 0.0358. The van der Waals surface area contributed by atoms with Gasteiger partial charge in [-0.1, -0.05) is 226 Å². The Morgan fingerprint density at radius 3 is 1.21 bits per heavy atom. The van der Waals surface area contributed by atoms with Crippen LogP contribution < -0.4 is 11.1 Å². The highest BCUT2D eigenvalue weighted by Crippen LogP contribution is 2.43. The molecule has 0 fully saturated rings. The van der Waals surface area contributed by atoms with E-state index in [-0.39, 0.29) is 25.7 Å². The Kier molecular flexibility index (Phi) is 40.8. The molecule has 3 atom stereocenters. The number of aliphatic hydroxyl groups excluding tert-OH is 1. The molecule has 0 heterocycles. The minimum atomic E-state index is -4.31. The van der Waals surface area contributed by atoms with Gasteiger partial charge in [0, 0.05) is 13.0 Å². The van der Waals surface area contributed by atoms with Crippen molar-refractivity contribution >= 4 is 13.7 Å². The van der Waals surface area contributed by atoms with Gasteiger partial charge in [-0.15, -0.1) is 0 Å². The van der Waals surface area contributed by atoms with E-state index in [4.69, 9.17) is 14.8 Å². The van der Waals surface area contributed by atoms with Gasteiger partial charge in [0.25, 0.3) is 0 Å². The third kappa shape index (κ3) is 39.5. The van der Waals surface area contributed by atoms with Gasteiger partial charge >= 0.3 is 7.82 Å². The molecule has 0 saturated carbocycles. The predicted molar refractivity (Wildman–Crippen MR) is 226 cm³/mol. The Labute approximate surface area is 329 Å². The van der Waals surface area contributed by atoms with E-state index in [0.717, 1.165) is 38.5 Å². The molecule has 0 spiro atoms. The minimum Gasteiger partial charge on any atom is -0.391 e. The van der Waals surface area contributed by atoms with Crippen LogP contribution in [0.3, 0.4) is 0 Å². The Balaban J connectivity index is 4.02. The van der Waals surface area contributed by atoms with Crippen molar-refractivity contribution in [1.82, 2.24) is 5.32 Å². The standard InChI is InChI=1S/C44H91N2O6P/c1-3-5-7-9-11-13-15-17-18-19-20-21-22-23-24-26-28-30-32-34-36-38-44(48)46-42(41-52-53(49,50)51-40-39-45)43(47)37-35-33-31-29-27-25-16-14-12-10-8-6-4-2/h42-43,47H,3-41,45H2,1-2H3,(H,46,48)(H,49,50)/t42-,43+/m0/s1. The first-order valence-electron chi connectivity index (χ1n) is 23.2. The number of nitrogens with one attached hydrogen (secondary N) is 1. The van der Waals surface area contributed by atoms with Gasteiger partial charge in [0.05, 0.1) is 25.4 Å². The molecule has 318 valence electrons. The molecule has 0 aliphatic rings. The molecule has 0 saturated heterocycles. The van der Waals surface area contributed by atoms with E-state index in [1.807, 2.05) is 0 Å². The van der Waals surface area contributed by atoms with Gasteiger partial charge in [0.2, 0.25) is 5.91 Å². The summed E-state index contributed by atoms with van der Waals surface area (Å²) < 4.78 is 22.2. The highest BCUT2D eigenvalue weighted by Gasteiger charge is 2.27. The van der Waals surface area contributed by atoms with E-state index >= 15 is 0 Å². The summed E-state index contributed by atoms with van der Waals surface area (Å²) in [5, 5.41) is 13.8. The van der Waals surface area contributed by atoms with Gasteiger partial charge in [0.1, 0.15) is 0 Å². The first-order chi connectivity index (χ1) is 25.9. The van der Waals surface area contributed by atoms with Gasteiger partial charge in [-0.3, -0.25) is 13.8 Å². The number of hydrogen-bond donors (Lipinski definition) is 4. The first-order valence-corrected chi connectivity index (χ1v) is 24.6. The van der Waals surface area contributed by atoms with E-state index in [1.54, 1.807) is 0 Å². The van der Waals surface area contributed by atoms with Crippen molar-refractivity contribution in [2.45, 2.75) is 257 Å². The number of phosphoric ester groups is 1. The summed E-state index contributed by atoms with van der Waals surface area (Å²) in [4.78, 5) is 22.7. The molecule has 5 N–H and O–H groups in total. The van der Waals surface area contributed by atoms with Crippen LogP contribution in [0.1, 0.15) is 245 Å². The Hall–Kier alpha value is -0.500. The third-order valence-corrected chi connectivity index (χ3v) is 11.7. The molecule has 1 unspecified atom stereocenters. The van der Waals surface area contributed by atoms with Crippen LogP contribution in [-0.2, 0) is 18.4 Å². The summed E-state index contributed by atoms with van der Waals surface area (Å²) in [6.07, 6.45) is 44.0. The van der Waals surface area contributed by atoms with Crippen LogP contribution in [0.25, 0.3) is 0 Å². The van der Waals surface area contributed by atoms with Crippen LogP contribution in [-0.4, -0.2) is 47.8 Å². The van der Waals surface area contributed by atoms with Crippen LogP contribution in [0.5, 0.6) is 0 Å².